The zero-order chi connectivity index (χ0) is 14.0. The number of ether oxygens (including phenoxy) is 1. The van der Waals surface area contributed by atoms with Crippen molar-refractivity contribution in [1.29, 1.82) is 0 Å². The summed E-state index contributed by atoms with van der Waals surface area (Å²) in [5, 5.41) is 0. The monoisotopic (exact) mass is 279 g/mol. The van der Waals surface area contributed by atoms with Gasteiger partial charge in [-0.15, -0.1) is 0 Å². The molecular weight excluding hydrogens is 250 g/mol. The summed E-state index contributed by atoms with van der Waals surface area (Å²) >= 11 is 0. The summed E-state index contributed by atoms with van der Waals surface area (Å²) < 4.78 is 6.44. The third-order valence-corrected chi connectivity index (χ3v) is 5.56. The van der Waals surface area contributed by atoms with Crippen LogP contribution in [0.25, 0.3) is 0 Å². The maximum Gasteiger partial charge on any atom is 0.131 e. The molecule has 1 aliphatic carbocycles. The maximum atomic E-state index is 11.4. The number of ketones is 1. The Hall–Kier alpha value is -0.410. The number of likely N-dealkylation sites (tertiary alicyclic amines) is 1. The zero-order valence-corrected chi connectivity index (χ0v) is 12.9. The fraction of sp³-hybridized carbons (Fsp3) is 0.941. The van der Waals surface area contributed by atoms with Gasteiger partial charge in [0.2, 0.25) is 0 Å². The van der Waals surface area contributed by atoms with Gasteiger partial charge in [0.15, 0.2) is 0 Å². The third-order valence-electron chi connectivity index (χ3n) is 5.56. The molecule has 0 N–H and O–H groups in total. The Morgan fingerprint density at radius 3 is 2.70 bits per heavy atom. The molecule has 2 saturated heterocycles. The van der Waals surface area contributed by atoms with E-state index in [0.717, 1.165) is 19.5 Å². The summed E-state index contributed by atoms with van der Waals surface area (Å²) in [6.45, 7) is 3.94. The second kappa shape index (κ2) is 6.15. The van der Waals surface area contributed by atoms with Gasteiger partial charge in [0.05, 0.1) is 11.7 Å². The Balaban J connectivity index is 1.54. The van der Waals surface area contributed by atoms with Gasteiger partial charge in [-0.25, -0.2) is 0 Å². The second-order valence-electron chi connectivity index (χ2n) is 7.22. The largest absolute Gasteiger partial charge is 0.370 e. The van der Waals surface area contributed by atoms with E-state index < -0.39 is 0 Å². The van der Waals surface area contributed by atoms with E-state index >= 15 is 0 Å². The first kappa shape index (κ1) is 14.5. The van der Waals surface area contributed by atoms with Crippen molar-refractivity contribution in [3.63, 3.8) is 0 Å². The molecule has 0 aromatic heterocycles. The van der Waals surface area contributed by atoms with Crippen LogP contribution in [-0.4, -0.2) is 41.5 Å². The average molecular weight is 279 g/mol. The number of nitrogens with zero attached hydrogens (tertiary/aromatic N) is 1. The highest BCUT2D eigenvalue weighted by Crippen LogP contribution is 2.43. The molecule has 2 aliphatic heterocycles. The van der Waals surface area contributed by atoms with Gasteiger partial charge < -0.3 is 4.74 Å². The first-order valence-electron chi connectivity index (χ1n) is 8.58. The van der Waals surface area contributed by atoms with E-state index in [0.29, 0.717) is 17.9 Å². The fourth-order valence-electron chi connectivity index (χ4n) is 4.54. The van der Waals surface area contributed by atoms with E-state index in [1.807, 2.05) is 0 Å². The lowest BCUT2D eigenvalue weighted by Crippen LogP contribution is -2.45. The van der Waals surface area contributed by atoms with Crippen molar-refractivity contribution in [1.82, 2.24) is 4.90 Å². The third kappa shape index (κ3) is 3.25. The summed E-state index contributed by atoms with van der Waals surface area (Å²) in [6, 6.07) is 0.477. The van der Waals surface area contributed by atoms with Gasteiger partial charge in [-0.05, 0) is 52.0 Å². The van der Waals surface area contributed by atoms with Gasteiger partial charge >= 0.3 is 0 Å². The minimum absolute atomic E-state index is 0.247. The lowest BCUT2D eigenvalue weighted by atomic mass is 9.96. The Labute approximate surface area is 123 Å². The number of piperidine rings is 1. The molecular formula is C17H29NO2. The number of rotatable bonds is 4. The van der Waals surface area contributed by atoms with E-state index in [-0.39, 0.29) is 5.60 Å². The van der Waals surface area contributed by atoms with Crippen LogP contribution in [0.4, 0.5) is 0 Å². The fourth-order valence-corrected chi connectivity index (χ4v) is 4.54. The van der Waals surface area contributed by atoms with Gasteiger partial charge in [0.1, 0.15) is 5.78 Å². The first-order chi connectivity index (χ1) is 9.67. The zero-order valence-electron chi connectivity index (χ0n) is 12.9. The Bertz CT molecular complexity index is 349. The second-order valence-corrected chi connectivity index (χ2v) is 7.22. The van der Waals surface area contributed by atoms with Gasteiger partial charge in [-0.1, -0.05) is 19.3 Å². The molecule has 114 valence electrons. The molecule has 1 spiro atoms. The molecule has 0 radical (unpaired) electrons. The van der Waals surface area contributed by atoms with Crippen LogP contribution in [-0.2, 0) is 9.53 Å². The minimum Gasteiger partial charge on any atom is -0.370 e. The summed E-state index contributed by atoms with van der Waals surface area (Å²) in [7, 11) is 0. The SMILES string of the molecule is CC(=O)CC1CCCCN1CC1CCC2(CCCC2)O1. The van der Waals surface area contributed by atoms with E-state index in [4.69, 9.17) is 4.74 Å². The molecule has 2 heterocycles. The van der Waals surface area contributed by atoms with Crippen molar-refractivity contribution in [2.45, 2.75) is 88.9 Å². The van der Waals surface area contributed by atoms with Gasteiger partial charge in [-0.3, -0.25) is 9.69 Å². The molecule has 20 heavy (non-hydrogen) atoms. The van der Waals surface area contributed by atoms with Gasteiger partial charge in [0, 0.05) is 19.0 Å². The normalized spacial score (nSPS) is 33.9. The molecule has 3 heteroatoms. The Morgan fingerprint density at radius 1 is 1.15 bits per heavy atom. The molecule has 0 amide bonds. The van der Waals surface area contributed by atoms with Crippen LogP contribution in [0.15, 0.2) is 0 Å². The number of carbonyl (C=O) groups excluding carboxylic acids is 1. The van der Waals surface area contributed by atoms with Crippen molar-refractivity contribution in [2.75, 3.05) is 13.1 Å². The quantitative estimate of drug-likeness (QED) is 0.790. The smallest absolute Gasteiger partial charge is 0.131 e. The molecule has 3 fully saturated rings. The summed E-state index contributed by atoms with van der Waals surface area (Å²) in [5.74, 6) is 0.335. The van der Waals surface area contributed by atoms with Crippen molar-refractivity contribution in [2.24, 2.45) is 0 Å². The summed E-state index contributed by atoms with van der Waals surface area (Å²) in [4.78, 5) is 14.0. The van der Waals surface area contributed by atoms with Crippen LogP contribution >= 0.6 is 0 Å². The van der Waals surface area contributed by atoms with Crippen LogP contribution in [0, 0.1) is 0 Å². The molecule has 0 bridgehead atoms. The highest BCUT2D eigenvalue weighted by atomic mass is 16.5. The molecule has 2 unspecified atom stereocenters. The minimum atomic E-state index is 0.247. The highest BCUT2D eigenvalue weighted by Gasteiger charge is 2.42. The number of hydrogen-bond acceptors (Lipinski definition) is 3. The molecule has 0 aromatic carbocycles. The molecule has 1 saturated carbocycles. The highest BCUT2D eigenvalue weighted by molar-refractivity contribution is 5.76. The van der Waals surface area contributed by atoms with Crippen molar-refractivity contribution < 1.29 is 9.53 Å². The van der Waals surface area contributed by atoms with Gasteiger partial charge in [0.25, 0.3) is 0 Å². The van der Waals surface area contributed by atoms with E-state index in [1.165, 1.54) is 57.8 Å². The standard InChI is InChI=1S/C17H29NO2/c1-14(19)12-15-6-2-5-11-18(15)13-16-7-10-17(20-16)8-3-4-9-17/h15-16H,2-13H2,1H3. The van der Waals surface area contributed by atoms with E-state index in [9.17, 15) is 4.79 Å². The Kier molecular flexibility index (Phi) is 4.46. The predicted molar refractivity (Wildman–Crippen MR) is 79.8 cm³/mol. The molecule has 0 aromatic rings. The van der Waals surface area contributed by atoms with Crippen LogP contribution in [0.1, 0.15) is 71.1 Å². The van der Waals surface area contributed by atoms with Crippen LogP contribution in [0.2, 0.25) is 0 Å². The number of hydrogen-bond donors (Lipinski definition) is 0. The molecule has 2 atom stereocenters. The topological polar surface area (TPSA) is 29.5 Å². The molecule has 3 nitrogen and oxygen atoms in total. The molecule has 3 rings (SSSR count). The van der Waals surface area contributed by atoms with E-state index in [1.54, 1.807) is 6.92 Å². The van der Waals surface area contributed by atoms with Crippen LogP contribution < -0.4 is 0 Å². The predicted octanol–water partition coefficient (Wildman–Crippen LogP) is 3.31. The van der Waals surface area contributed by atoms with Crippen molar-refractivity contribution in [3.8, 4) is 0 Å². The maximum absolute atomic E-state index is 11.4. The lowest BCUT2D eigenvalue weighted by molar-refractivity contribution is -0.119. The first-order valence-corrected chi connectivity index (χ1v) is 8.58. The van der Waals surface area contributed by atoms with Crippen molar-refractivity contribution in [3.05, 3.63) is 0 Å². The van der Waals surface area contributed by atoms with Crippen LogP contribution in [0.3, 0.4) is 0 Å². The van der Waals surface area contributed by atoms with Crippen LogP contribution in [0.5, 0.6) is 0 Å². The Morgan fingerprint density at radius 2 is 1.95 bits per heavy atom. The number of Topliss-reactive ketones (excluding diaryl/α,β-unsaturated/α-hetero) is 1. The lowest BCUT2D eigenvalue weighted by Gasteiger charge is -2.37. The van der Waals surface area contributed by atoms with Gasteiger partial charge in [-0.2, -0.15) is 0 Å². The molecule has 3 aliphatic rings. The summed E-state index contributed by atoms with van der Waals surface area (Å²) in [5.41, 5.74) is 0.247. The average Bonchev–Trinajstić information content (AvgIpc) is 3.02. The van der Waals surface area contributed by atoms with Crippen molar-refractivity contribution >= 4 is 5.78 Å². The summed E-state index contributed by atoms with van der Waals surface area (Å²) in [6.07, 6.45) is 12.7. The van der Waals surface area contributed by atoms with E-state index in [2.05, 4.69) is 4.90 Å². The number of carbonyl (C=O) groups is 1.